The van der Waals surface area contributed by atoms with Crippen LogP contribution >= 0.6 is 11.6 Å². The standard InChI is InChI=1S/C18H19ClF3N3O/c1-10-3-6-13(19)7-14(10)23-17(26)11(2)9-25-15(12-4-5-12)8-16(24-25)18(20,21)22/h3,6-8,11-12H,4-5,9H2,1-2H3,(H,23,26). The fourth-order valence-electron chi connectivity index (χ4n) is 2.75. The van der Waals surface area contributed by atoms with Crippen LogP contribution in [0.5, 0.6) is 0 Å². The first kappa shape index (κ1) is 18.8. The molecule has 1 fully saturated rings. The van der Waals surface area contributed by atoms with Crippen molar-refractivity contribution in [1.82, 2.24) is 9.78 Å². The number of halogens is 4. The molecule has 8 heteroatoms. The number of carbonyl (C=O) groups excluding carboxylic acids is 1. The van der Waals surface area contributed by atoms with Crippen molar-refractivity contribution in [3.63, 3.8) is 0 Å². The average molecular weight is 386 g/mol. The monoisotopic (exact) mass is 385 g/mol. The number of anilines is 1. The van der Waals surface area contributed by atoms with Crippen LogP contribution in [0.1, 0.15) is 42.6 Å². The highest BCUT2D eigenvalue weighted by atomic mass is 35.5. The van der Waals surface area contributed by atoms with Gasteiger partial charge in [0, 0.05) is 22.3 Å². The van der Waals surface area contributed by atoms with Gasteiger partial charge in [0.05, 0.1) is 12.5 Å². The van der Waals surface area contributed by atoms with Crippen molar-refractivity contribution >= 4 is 23.2 Å². The number of nitrogens with zero attached hydrogens (tertiary/aromatic N) is 2. The Morgan fingerprint density at radius 2 is 2.08 bits per heavy atom. The molecule has 1 aliphatic carbocycles. The lowest BCUT2D eigenvalue weighted by Gasteiger charge is -2.15. The maximum Gasteiger partial charge on any atom is 0.435 e. The number of alkyl halides is 3. The molecule has 26 heavy (non-hydrogen) atoms. The first-order valence-corrected chi connectivity index (χ1v) is 8.75. The largest absolute Gasteiger partial charge is 0.435 e. The summed E-state index contributed by atoms with van der Waals surface area (Å²) in [6, 6.07) is 6.26. The van der Waals surface area contributed by atoms with Gasteiger partial charge in [-0.1, -0.05) is 24.6 Å². The van der Waals surface area contributed by atoms with Gasteiger partial charge in [0.2, 0.25) is 5.91 Å². The Bertz CT molecular complexity index is 828. The van der Waals surface area contributed by atoms with Gasteiger partial charge in [-0.3, -0.25) is 9.48 Å². The molecule has 1 saturated carbocycles. The van der Waals surface area contributed by atoms with E-state index < -0.39 is 17.8 Å². The molecule has 140 valence electrons. The third kappa shape index (κ3) is 4.20. The minimum Gasteiger partial charge on any atom is -0.326 e. The SMILES string of the molecule is Cc1ccc(Cl)cc1NC(=O)C(C)Cn1nc(C(F)(F)F)cc1C1CC1. The molecule has 0 saturated heterocycles. The molecule has 3 rings (SSSR count). The summed E-state index contributed by atoms with van der Waals surface area (Å²) in [6.07, 6.45) is -2.78. The summed E-state index contributed by atoms with van der Waals surface area (Å²) < 4.78 is 40.2. The molecule has 1 atom stereocenters. The fourth-order valence-corrected chi connectivity index (χ4v) is 2.92. The average Bonchev–Trinajstić information content (AvgIpc) is 3.30. The van der Waals surface area contributed by atoms with E-state index in [1.54, 1.807) is 25.1 Å². The van der Waals surface area contributed by atoms with E-state index in [1.165, 1.54) is 4.68 Å². The lowest BCUT2D eigenvalue weighted by molar-refractivity contribution is -0.141. The quantitative estimate of drug-likeness (QED) is 0.785. The molecular formula is C18H19ClF3N3O. The summed E-state index contributed by atoms with van der Waals surface area (Å²) in [6.45, 7) is 3.60. The number of benzene rings is 1. The molecule has 0 radical (unpaired) electrons. The second-order valence-corrected chi connectivity index (χ2v) is 7.19. The van der Waals surface area contributed by atoms with Crippen molar-refractivity contribution in [3.05, 3.63) is 46.2 Å². The Kier molecular flexibility index (Phi) is 5.01. The van der Waals surface area contributed by atoms with E-state index in [1.807, 2.05) is 6.92 Å². The zero-order valence-electron chi connectivity index (χ0n) is 14.4. The Balaban J connectivity index is 1.75. The van der Waals surface area contributed by atoms with Gasteiger partial charge in [-0.05, 0) is 43.5 Å². The second kappa shape index (κ2) is 6.95. The number of rotatable bonds is 5. The Morgan fingerprint density at radius 3 is 2.69 bits per heavy atom. The number of aromatic nitrogens is 2. The summed E-state index contributed by atoms with van der Waals surface area (Å²) in [5.74, 6) is -0.739. The minimum absolute atomic E-state index is 0.0906. The third-order valence-electron chi connectivity index (χ3n) is 4.45. The molecule has 0 bridgehead atoms. The van der Waals surface area contributed by atoms with Crippen molar-refractivity contribution in [3.8, 4) is 0 Å². The molecule has 1 aromatic heterocycles. The smallest absolute Gasteiger partial charge is 0.326 e. The number of nitrogens with one attached hydrogen (secondary N) is 1. The van der Waals surface area contributed by atoms with Crippen molar-refractivity contribution < 1.29 is 18.0 Å². The maximum atomic E-state index is 13.0. The van der Waals surface area contributed by atoms with E-state index in [2.05, 4.69) is 10.4 Å². The van der Waals surface area contributed by atoms with Gasteiger partial charge in [-0.2, -0.15) is 18.3 Å². The molecule has 0 spiro atoms. The highest BCUT2D eigenvalue weighted by Gasteiger charge is 2.38. The minimum atomic E-state index is -4.49. The first-order chi connectivity index (χ1) is 12.1. The van der Waals surface area contributed by atoms with Crippen LogP contribution in [0, 0.1) is 12.8 Å². The van der Waals surface area contributed by atoms with E-state index in [0.717, 1.165) is 24.5 Å². The summed E-state index contributed by atoms with van der Waals surface area (Å²) in [5.41, 5.74) is 1.09. The number of hydrogen-bond acceptors (Lipinski definition) is 2. The van der Waals surface area contributed by atoms with Crippen LogP contribution < -0.4 is 5.32 Å². The summed E-state index contributed by atoms with van der Waals surface area (Å²) in [4.78, 5) is 12.5. The van der Waals surface area contributed by atoms with Crippen LogP contribution in [0.4, 0.5) is 18.9 Å². The van der Waals surface area contributed by atoms with Crippen molar-refractivity contribution in [2.75, 3.05) is 5.32 Å². The number of hydrogen-bond donors (Lipinski definition) is 1. The number of carbonyl (C=O) groups is 1. The van der Waals surface area contributed by atoms with Crippen molar-refractivity contribution in [2.45, 2.75) is 45.3 Å². The molecule has 1 aliphatic rings. The van der Waals surface area contributed by atoms with Crippen LogP contribution in [0.25, 0.3) is 0 Å². The van der Waals surface area contributed by atoms with Gasteiger partial charge in [0.1, 0.15) is 0 Å². The Morgan fingerprint density at radius 1 is 1.38 bits per heavy atom. The molecule has 0 aliphatic heterocycles. The zero-order chi connectivity index (χ0) is 19.1. The Hall–Kier alpha value is -2.02. The van der Waals surface area contributed by atoms with Crippen LogP contribution in [-0.2, 0) is 17.5 Å². The highest BCUT2D eigenvalue weighted by molar-refractivity contribution is 6.31. The molecule has 1 heterocycles. The lowest BCUT2D eigenvalue weighted by Crippen LogP contribution is -2.26. The number of amides is 1. The van der Waals surface area contributed by atoms with E-state index >= 15 is 0 Å². The van der Waals surface area contributed by atoms with Gasteiger partial charge < -0.3 is 5.32 Å². The Labute approximate surface area is 154 Å². The molecule has 2 aromatic rings. The van der Waals surface area contributed by atoms with E-state index in [9.17, 15) is 18.0 Å². The molecule has 1 amide bonds. The van der Waals surface area contributed by atoms with Crippen molar-refractivity contribution in [1.29, 1.82) is 0 Å². The predicted molar refractivity (Wildman–Crippen MR) is 93.2 cm³/mol. The fraction of sp³-hybridized carbons (Fsp3) is 0.444. The molecule has 1 unspecified atom stereocenters. The van der Waals surface area contributed by atoms with Gasteiger partial charge in [-0.15, -0.1) is 0 Å². The van der Waals surface area contributed by atoms with Gasteiger partial charge in [0.25, 0.3) is 0 Å². The summed E-state index contributed by atoms with van der Waals surface area (Å²) in [5, 5.41) is 6.98. The van der Waals surface area contributed by atoms with E-state index in [-0.39, 0.29) is 18.4 Å². The molecule has 1 N–H and O–H groups in total. The van der Waals surface area contributed by atoms with Gasteiger partial charge >= 0.3 is 6.18 Å². The zero-order valence-corrected chi connectivity index (χ0v) is 15.2. The normalized spacial score (nSPS) is 15.8. The highest BCUT2D eigenvalue weighted by Crippen LogP contribution is 2.42. The maximum absolute atomic E-state index is 13.0. The van der Waals surface area contributed by atoms with E-state index in [0.29, 0.717) is 16.4 Å². The van der Waals surface area contributed by atoms with Gasteiger partial charge in [-0.25, -0.2) is 0 Å². The molecule has 1 aromatic carbocycles. The summed E-state index contributed by atoms with van der Waals surface area (Å²) >= 11 is 5.95. The second-order valence-electron chi connectivity index (χ2n) is 6.76. The van der Waals surface area contributed by atoms with Crippen LogP contribution in [0.3, 0.4) is 0 Å². The van der Waals surface area contributed by atoms with Crippen molar-refractivity contribution in [2.24, 2.45) is 5.92 Å². The van der Waals surface area contributed by atoms with Crippen LogP contribution in [-0.4, -0.2) is 15.7 Å². The predicted octanol–water partition coefficient (Wildman–Crippen LogP) is 5.02. The molecule has 4 nitrogen and oxygen atoms in total. The van der Waals surface area contributed by atoms with Gasteiger partial charge in [0.15, 0.2) is 5.69 Å². The van der Waals surface area contributed by atoms with Crippen LogP contribution in [0.2, 0.25) is 5.02 Å². The topological polar surface area (TPSA) is 46.9 Å². The number of aryl methyl sites for hydroxylation is 1. The van der Waals surface area contributed by atoms with E-state index in [4.69, 9.17) is 11.6 Å². The third-order valence-corrected chi connectivity index (χ3v) is 4.68. The summed E-state index contributed by atoms with van der Waals surface area (Å²) in [7, 11) is 0. The lowest BCUT2D eigenvalue weighted by atomic mass is 10.1. The van der Waals surface area contributed by atoms with Crippen LogP contribution in [0.15, 0.2) is 24.3 Å². The first-order valence-electron chi connectivity index (χ1n) is 8.37. The molecular weight excluding hydrogens is 367 g/mol.